The van der Waals surface area contributed by atoms with Gasteiger partial charge in [-0.1, -0.05) is 6.07 Å². The molecule has 0 aliphatic carbocycles. The van der Waals surface area contributed by atoms with Gasteiger partial charge < -0.3 is 24.4 Å². The molecule has 0 saturated carbocycles. The van der Waals surface area contributed by atoms with Crippen LogP contribution in [0, 0.1) is 24.4 Å². The Hall–Kier alpha value is -5.62. The van der Waals surface area contributed by atoms with E-state index >= 15 is 8.78 Å². The average molecular weight is 773 g/mol. The average Bonchev–Trinajstić information content (AvgIpc) is 3.84. The molecule has 7 heterocycles. The number of nitrogens with zero attached hydrogens (tertiary/aromatic N) is 9. The van der Waals surface area contributed by atoms with Crippen LogP contribution < -0.4 is 10.2 Å². The number of halogens is 3. The zero-order chi connectivity index (χ0) is 38.3. The van der Waals surface area contributed by atoms with Gasteiger partial charge in [0.25, 0.3) is 0 Å². The van der Waals surface area contributed by atoms with Gasteiger partial charge in [-0.05, 0) is 43.7 Å². The van der Waals surface area contributed by atoms with Crippen molar-refractivity contribution in [2.24, 2.45) is 0 Å². The maximum absolute atomic E-state index is 15.2. The molecule has 0 radical (unpaired) electrons. The van der Waals surface area contributed by atoms with E-state index in [0.29, 0.717) is 58.1 Å². The molecular formula is C37H35F3N10O4S. The zero-order valence-electron chi connectivity index (χ0n) is 29.9. The van der Waals surface area contributed by atoms with Crippen LogP contribution in [0.4, 0.5) is 24.8 Å². The highest BCUT2D eigenvalue weighted by Crippen LogP contribution is 2.37. The number of likely N-dealkylation sites (N-methyl/N-ethyl adjacent to an activating group) is 1. The minimum atomic E-state index is -3.29. The predicted octanol–water partition coefficient (Wildman–Crippen LogP) is 4.01. The molecule has 1 amide bonds. The van der Waals surface area contributed by atoms with Gasteiger partial charge in [0.1, 0.15) is 46.6 Å². The number of fused-ring (bicyclic) bond motifs is 6. The molecule has 0 spiro atoms. The van der Waals surface area contributed by atoms with Crippen molar-refractivity contribution in [2.75, 3.05) is 49.0 Å². The van der Waals surface area contributed by atoms with Crippen LogP contribution in [0.15, 0.2) is 54.7 Å². The van der Waals surface area contributed by atoms with E-state index in [4.69, 9.17) is 14.7 Å². The number of aromatic nitrogens is 7. The van der Waals surface area contributed by atoms with Crippen LogP contribution in [0.2, 0.25) is 0 Å². The molecule has 3 aliphatic heterocycles. The van der Waals surface area contributed by atoms with Crippen LogP contribution in [-0.4, -0.2) is 110 Å². The SMILES string of the molecule is CO[C@H]1CN(C)C(=O)[C@@H]2C[C@@H](CN2c2nc(C3CS(=O)(=O)C3)nc3c2cnn3-c2ccc(F)cc2F)Nc2cccc(n2)-c2cc(F)cc3nc(C)n(c23)C1. The molecule has 284 valence electrons. The van der Waals surface area contributed by atoms with Gasteiger partial charge in [-0.25, -0.2) is 46.2 Å². The Kier molecular flexibility index (Phi) is 8.30. The molecule has 55 heavy (non-hydrogen) atoms. The third kappa shape index (κ3) is 6.12. The first-order chi connectivity index (χ1) is 26.4. The highest BCUT2D eigenvalue weighted by atomic mass is 32.2. The molecule has 2 saturated heterocycles. The molecule has 0 unspecified atom stereocenters. The lowest BCUT2D eigenvalue weighted by Gasteiger charge is -2.31. The summed E-state index contributed by atoms with van der Waals surface area (Å²) in [6.07, 6.45) is 1.29. The van der Waals surface area contributed by atoms with E-state index < -0.39 is 45.4 Å². The van der Waals surface area contributed by atoms with Gasteiger partial charge in [-0.15, -0.1) is 0 Å². The number of carbonyl (C=O) groups is 1. The van der Waals surface area contributed by atoms with Crippen LogP contribution in [0.3, 0.4) is 0 Å². The molecule has 3 atom stereocenters. The van der Waals surface area contributed by atoms with E-state index in [1.165, 1.54) is 29.1 Å². The fraction of sp³-hybridized carbons (Fsp3) is 0.351. The molecule has 6 aromatic rings. The molecular weight excluding hydrogens is 738 g/mol. The van der Waals surface area contributed by atoms with E-state index in [0.717, 1.165) is 12.1 Å². The Labute approximate surface area is 312 Å². The number of imidazole rings is 1. The van der Waals surface area contributed by atoms with Gasteiger partial charge in [0, 0.05) is 56.9 Å². The first kappa shape index (κ1) is 35.1. The number of sulfone groups is 1. The van der Waals surface area contributed by atoms with Crippen molar-refractivity contribution in [3.8, 4) is 16.9 Å². The monoisotopic (exact) mass is 772 g/mol. The molecule has 1 N–H and O–H groups in total. The summed E-state index contributed by atoms with van der Waals surface area (Å²) >= 11 is 0. The van der Waals surface area contributed by atoms with E-state index in [1.54, 1.807) is 31.2 Å². The smallest absolute Gasteiger partial charge is 0.245 e. The highest BCUT2D eigenvalue weighted by molar-refractivity contribution is 7.92. The Balaban J connectivity index is 1.18. The van der Waals surface area contributed by atoms with E-state index in [1.807, 2.05) is 22.5 Å². The molecule has 4 bridgehead atoms. The van der Waals surface area contributed by atoms with Crippen molar-refractivity contribution < 1.29 is 31.1 Å². The number of anilines is 2. The fourth-order valence-corrected chi connectivity index (χ4v) is 9.39. The van der Waals surface area contributed by atoms with Gasteiger partial charge in [0.05, 0.1) is 52.5 Å². The molecule has 9 rings (SSSR count). The van der Waals surface area contributed by atoms with Gasteiger partial charge in [-0.3, -0.25) is 4.79 Å². The number of rotatable bonds is 4. The molecule has 14 nitrogen and oxygen atoms in total. The second kappa shape index (κ2) is 13.0. The summed E-state index contributed by atoms with van der Waals surface area (Å²) in [4.78, 5) is 37.2. The molecule has 18 heteroatoms. The Morgan fingerprint density at radius 3 is 2.53 bits per heavy atom. The Bertz CT molecular complexity index is 2640. The zero-order valence-corrected chi connectivity index (χ0v) is 30.8. The number of amides is 1. The summed E-state index contributed by atoms with van der Waals surface area (Å²) in [5, 5.41) is 8.29. The van der Waals surface area contributed by atoms with Crippen LogP contribution in [0.25, 0.3) is 39.0 Å². The number of hydrogen-bond acceptors (Lipinski definition) is 11. The summed E-state index contributed by atoms with van der Waals surface area (Å²) in [5.41, 5.74) is 2.37. The number of benzene rings is 2. The first-order valence-electron chi connectivity index (χ1n) is 17.7. The normalized spacial score (nSPS) is 21.4. The number of pyridine rings is 1. The topological polar surface area (TPSA) is 153 Å². The van der Waals surface area contributed by atoms with Crippen LogP contribution in [0.5, 0.6) is 0 Å². The van der Waals surface area contributed by atoms with E-state index in [9.17, 15) is 17.6 Å². The highest BCUT2D eigenvalue weighted by Gasteiger charge is 2.43. The molecule has 4 aromatic heterocycles. The lowest BCUT2D eigenvalue weighted by atomic mass is 10.1. The maximum Gasteiger partial charge on any atom is 0.245 e. The molecule has 3 aliphatic rings. The minimum absolute atomic E-state index is 0.0635. The molecule has 2 fully saturated rings. The number of methoxy groups -OCH3 is 1. The quantitative estimate of drug-likeness (QED) is 0.277. The summed E-state index contributed by atoms with van der Waals surface area (Å²) in [7, 11) is -0.0174. The minimum Gasteiger partial charge on any atom is -0.378 e. The number of carbonyl (C=O) groups excluding carboxylic acids is 1. The van der Waals surface area contributed by atoms with E-state index in [2.05, 4.69) is 20.4 Å². The predicted molar refractivity (Wildman–Crippen MR) is 197 cm³/mol. The number of ether oxygens (including phenoxy) is 1. The maximum atomic E-state index is 15.2. The van der Waals surface area contributed by atoms with Gasteiger partial charge in [0.15, 0.2) is 21.3 Å². The van der Waals surface area contributed by atoms with E-state index in [-0.39, 0.29) is 53.7 Å². The lowest BCUT2D eigenvalue weighted by molar-refractivity contribution is -0.132. The van der Waals surface area contributed by atoms with Crippen molar-refractivity contribution in [2.45, 2.75) is 44.0 Å². The lowest BCUT2D eigenvalue weighted by Crippen LogP contribution is -2.47. The largest absolute Gasteiger partial charge is 0.378 e. The third-order valence-corrected chi connectivity index (χ3v) is 12.5. The summed E-state index contributed by atoms with van der Waals surface area (Å²) < 4.78 is 77.8. The number of nitrogens with one attached hydrogen (secondary N) is 1. The standard InChI is InChI=1S/C37H35F3N10O4S/c1-19-42-29-11-22(39)9-25-28-5-4-6-32(44-28)43-23-12-31(37(51)47(2)15-24(54-3)16-48(19)33(25)29)49(14-23)35-26-13-41-50(30-8-7-21(38)10-27(30)40)36(26)46-34(45-35)20-17-55(52,53)18-20/h4-11,13,20,23-24,31H,12,14-18H2,1-3H3,(H,43,44)/t23-,24-,31-/m0/s1. The van der Waals surface area contributed by atoms with Crippen LogP contribution in [-0.2, 0) is 25.9 Å². The second-order valence-corrected chi connectivity index (χ2v) is 16.5. The van der Waals surface area contributed by atoms with Crippen LogP contribution in [0.1, 0.15) is 24.0 Å². The third-order valence-electron chi connectivity index (χ3n) is 10.6. The summed E-state index contributed by atoms with van der Waals surface area (Å²) in [6.45, 7) is 2.60. The van der Waals surface area contributed by atoms with Crippen molar-refractivity contribution in [3.05, 3.63) is 83.8 Å². The van der Waals surface area contributed by atoms with Crippen molar-refractivity contribution in [1.29, 1.82) is 0 Å². The first-order valence-corrected chi connectivity index (χ1v) is 19.5. The number of aryl methyl sites for hydroxylation is 1. The summed E-state index contributed by atoms with van der Waals surface area (Å²) in [6, 6.07) is 10.2. The van der Waals surface area contributed by atoms with Gasteiger partial charge in [0.2, 0.25) is 5.91 Å². The van der Waals surface area contributed by atoms with Crippen molar-refractivity contribution in [1.82, 2.24) is 39.2 Å². The fourth-order valence-electron chi connectivity index (χ4n) is 7.97. The van der Waals surface area contributed by atoms with Gasteiger partial charge in [-0.2, -0.15) is 5.10 Å². The van der Waals surface area contributed by atoms with Gasteiger partial charge >= 0.3 is 0 Å². The number of hydrogen-bond donors (Lipinski definition) is 1. The molecule has 2 aromatic carbocycles. The van der Waals surface area contributed by atoms with Crippen LogP contribution >= 0.6 is 0 Å². The second-order valence-electron chi connectivity index (χ2n) is 14.4. The summed E-state index contributed by atoms with van der Waals surface area (Å²) in [5.74, 6) is -1.50. The Morgan fingerprint density at radius 2 is 1.76 bits per heavy atom. The Morgan fingerprint density at radius 1 is 0.945 bits per heavy atom. The van der Waals surface area contributed by atoms with Crippen molar-refractivity contribution >= 4 is 49.4 Å². The van der Waals surface area contributed by atoms with Crippen molar-refractivity contribution in [3.63, 3.8) is 0 Å².